The number of carboxylic acid groups (broad SMARTS) is 1. The molecule has 1 aliphatic heterocycles. The quantitative estimate of drug-likeness (QED) is 0.559. The molecule has 1 heterocycles. The summed E-state index contributed by atoms with van der Waals surface area (Å²) in [7, 11) is 0. The summed E-state index contributed by atoms with van der Waals surface area (Å²) in [6.45, 7) is 2.46. The first-order valence-corrected chi connectivity index (χ1v) is 8.69. The zero-order valence-electron chi connectivity index (χ0n) is 14.4. The van der Waals surface area contributed by atoms with Crippen LogP contribution in [-0.4, -0.2) is 66.8 Å². The Balaban J connectivity index is 1.95. The minimum absolute atomic E-state index is 0.258. The van der Waals surface area contributed by atoms with Crippen LogP contribution < -0.4 is 11.1 Å². The van der Waals surface area contributed by atoms with E-state index in [-0.39, 0.29) is 6.04 Å². The van der Waals surface area contributed by atoms with E-state index in [0.29, 0.717) is 19.6 Å². The second-order valence-corrected chi connectivity index (χ2v) is 6.24. The predicted octanol–water partition coefficient (Wildman–Crippen LogP) is 0.238. The van der Waals surface area contributed by atoms with Gasteiger partial charge >= 0.3 is 5.97 Å². The number of nitrogens with one attached hydrogen (secondary N) is 1. The van der Waals surface area contributed by atoms with E-state index >= 15 is 0 Å². The lowest BCUT2D eigenvalue weighted by molar-refractivity contribution is -0.141. The number of nitrogens with zero attached hydrogens (tertiary/aromatic N) is 1. The second-order valence-electron chi connectivity index (χ2n) is 6.24. The van der Waals surface area contributed by atoms with Crippen LogP contribution in [-0.2, 0) is 20.7 Å². The number of rotatable bonds is 10. The van der Waals surface area contributed by atoms with Crippen LogP contribution in [0.2, 0.25) is 0 Å². The van der Waals surface area contributed by atoms with Gasteiger partial charge in [-0.2, -0.15) is 0 Å². The van der Waals surface area contributed by atoms with Crippen LogP contribution in [0.3, 0.4) is 0 Å². The highest BCUT2D eigenvalue weighted by atomic mass is 16.5. The predicted molar refractivity (Wildman–Crippen MR) is 94.2 cm³/mol. The van der Waals surface area contributed by atoms with Crippen LogP contribution >= 0.6 is 0 Å². The Morgan fingerprint density at radius 1 is 1.36 bits per heavy atom. The van der Waals surface area contributed by atoms with Gasteiger partial charge in [-0.1, -0.05) is 30.3 Å². The standard InChI is InChI=1S/C18H27N3O4/c19-8-10-21-9-4-7-15(21)13-25-16(18(24)20-12-17(22)23)11-14-5-2-1-3-6-14/h1-3,5-6,15-16H,4,7-13,19H2,(H,20,24)(H,22,23)/t15-,16?/m0/s1. The van der Waals surface area contributed by atoms with Crippen LogP contribution in [0, 0.1) is 0 Å². The number of amides is 1. The topological polar surface area (TPSA) is 105 Å². The number of likely N-dealkylation sites (tertiary alicyclic amines) is 1. The summed E-state index contributed by atoms with van der Waals surface area (Å²) in [6.07, 6.45) is 1.83. The molecule has 1 aromatic rings. The molecule has 0 aromatic heterocycles. The molecule has 25 heavy (non-hydrogen) atoms. The van der Waals surface area contributed by atoms with Crippen molar-refractivity contribution in [1.29, 1.82) is 0 Å². The van der Waals surface area contributed by atoms with Crippen LogP contribution in [0.1, 0.15) is 18.4 Å². The van der Waals surface area contributed by atoms with Gasteiger partial charge in [-0.25, -0.2) is 0 Å². The summed E-state index contributed by atoms with van der Waals surface area (Å²) in [5.74, 6) is -1.47. The van der Waals surface area contributed by atoms with Crippen molar-refractivity contribution in [2.75, 3.05) is 32.8 Å². The molecule has 1 aliphatic rings. The summed E-state index contributed by atoms with van der Waals surface area (Å²) in [5.41, 5.74) is 6.62. The van der Waals surface area contributed by atoms with Gasteiger partial charge in [0, 0.05) is 25.6 Å². The SMILES string of the molecule is NCCN1CCC[C@H]1COC(Cc1ccccc1)C(=O)NCC(=O)O. The van der Waals surface area contributed by atoms with Crippen molar-refractivity contribution in [3.63, 3.8) is 0 Å². The lowest BCUT2D eigenvalue weighted by Crippen LogP contribution is -2.43. The molecule has 7 nitrogen and oxygen atoms in total. The molecule has 7 heteroatoms. The van der Waals surface area contributed by atoms with Gasteiger partial charge in [-0.15, -0.1) is 0 Å². The van der Waals surface area contributed by atoms with Crippen molar-refractivity contribution in [2.45, 2.75) is 31.4 Å². The molecule has 0 radical (unpaired) electrons. The van der Waals surface area contributed by atoms with Crippen molar-refractivity contribution in [2.24, 2.45) is 5.73 Å². The third-order valence-electron chi connectivity index (χ3n) is 4.38. The highest BCUT2D eigenvalue weighted by Crippen LogP contribution is 2.18. The number of carboxylic acids is 1. The molecule has 0 spiro atoms. The number of nitrogens with two attached hydrogens (primary N) is 1. The fraction of sp³-hybridized carbons (Fsp3) is 0.556. The van der Waals surface area contributed by atoms with Crippen LogP contribution in [0.25, 0.3) is 0 Å². The van der Waals surface area contributed by atoms with Crippen LogP contribution in [0.5, 0.6) is 0 Å². The molecule has 2 atom stereocenters. The lowest BCUT2D eigenvalue weighted by Gasteiger charge is -2.26. The van der Waals surface area contributed by atoms with Gasteiger partial charge in [-0.3, -0.25) is 14.5 Å². The van der Waals surface area contributed by atoms with Gasteiger partial charge in [0.1, 0.15) is 12.6 Å². The molecular weight excluding hydrogens is 322 g/mol. The fourth-order valence-electron chi connectivity index (χ4n) is 3.10. The molecule has 1 aromatic carbocycles. The second kappa shape index (κ2) is 10.1. The van der Waals surface area contributed by atoms with Crippen LogP contribution in [0.15, 0.2) is 30.3 Å². The van der Waals surface area contributed by atoms with Crippen LogP contribution in [0.4, 0.5) is 0 Å². The summed E-state index contributed by atoms with van der Waals surface area (Å²) >= 11 is 0. The molecular formula is C18H27N3O4. The number of carbonyl (C=O) groups is 2. The van der Waals surface area contributed by atoms with E-state index in [1.807, 2.05) is 30.3 Å². The summed E-state index contributed by atoms with van der Waals surface area (Å²) in [5, 5.41) is 11.2. The van der Waals surface area contributed by atoms with E-state index in [1.54, 1.807) is 0 Å². The average molecular weight is 349 g/mol. The van der Waals surface area contributed by atoms with E-state index in [0.717, 1.165) is 31.5 Å². The molecule has 0 aliphatic carbocycles. The number of hydrogen-bond acceptors (Lipinski definition) is 5. The Bertz CT molecular complexity index is 553. The highest BCUT2D eigenvalue weighted by Gasteiger charge is 2.27. The first-order chi connectivity index (χ1) is 12.1. The molecule has 1 amide bonds. The van der Waals surface area contributed by atoms with Crippen molar-refractivity contribution in [3.05, 3.63) is 35.9 Å². The maximum Gasteiger partial charge on any atom is 0.322 e. The molecule has 0 saturated carbocycles. The number of benzene rings is 1. The van der Waals surface area contributed by atoms with Crippen molar-refractivity contribution >= 4 is 11.9 Å². The van der Waals surface area contributed by atoms with Gasteiger partial charge in [0.05, 0.1) is 6.61 Å². The highest BCUT2D eigenvalue weighted by molar-refractivity contribution is 5.84. The number of aliphatic carboxylic acids is 1. The van der Waals surface area contributed by atoms with E-state index in [4.69, 9.17) is 15.6 Å². The molecule has 1 unspecified atom stereocenters. The Kier molecular flexibility index (Phi) is 7.84. The number of carbonyl (C=O) groups excluding carboxylic acids is 1. The number of ether oxygens (including phenoxy) is 1. The van der Waals surface area contributed by atoms with E-state index in [2.05, 4.69) is 10.2 Å². The van der Waals surface area contributed by atoms with Gasteiger partial charge in [0.15, 0.2) is 0 Å². The normalized spacial score (nSPS) is 18.8. The third kappa shape index (κ3) is 6.45. The molecule has 2 rings (SSSR count). The average Bonchev–Trinajstić information content (AvgIpc) is 3.05. The van der Waals surface area contributed by atoms with Gasteiger partial charge in [0.25, 0.3) is 0 Å². The minimum Gasteiger partial charge on any atom is -0.480 e. The van der Waals surface area contributed by atoms with Crippen molar-refractivity contribution in [3.8, 4) is 0 Å². The smallest absolute Gasteiger partial charge is 0.322 e. The Morgan fingerprint density at radius 2 is 2.12 bits per heavy atom. The van der Waals surface area contributed by atoms with Gasteiger partial charge in [0.2, 0.25) is 5.91 Å². The molecule has 4 N–H and O–H groups in total. The third-order valence-corrected chi connectivity index (χ3v) is 4.38. The largest absolute Gasteiger partial charge is 0.480 e. The Morgan fingerprint density at radius 3 is 2.80 bits per heavy atom. The van der Waals surface area contributed by atoms with Gasteiger partial charge in [-0.05, 0) is 24.9 Å². The summed E-state index contributed by atoms with van der Waals surface area (Å²) in [6, 6.07) is 9.83. The lowest BCUT2D eigenvalue weighted by atomic mass is 10.1. The molecule has 0 bridgehead atoms. The van der Waals surface area contributed by atoms with Crippen molar-refractivity contribution < 1.29 is 19.4 Å². The number of hydrogen-bond donors (Lipinski definition) is 3. The molecule has 138 valence electrons. The minimum atomic E-state index is -1.07. The van der Waals surface area contributed by atoms with Crippen molar-refractivity contribution in [1.82, 2.24) is 10.2 Å². The fourth-order valence-corrected chi connectivity index (χ4v) is 3.10. The zero-order chi connectivity index (χ0) is 18.1. The summed E-state index contributed by atoms with van der Waals surface area (Å²) < 4.78 is 5.91. The van der Waals surface area contributed by atoms with E-state index < -0.39 is 24.5 Å². The monoisotopic (exact) mass is 349 g/mol. The Labute approximate surface area is 148 Å². The molecule has 1 saturated heterocycles. The van der Waals surface area contributed by atoms with E-state index in [9.17, 15) is 9.59 Å². The maximum atomic E-state index is 12.3. The maximum absolute atomic E-state index is 12.3. The first-order valence-electron chi connectivity index (χ1n) is 8.69. The summed E-state index contributed by atoms with van der Waals surface area (Å²) in [4.78, 5) is 25.3. The van der Waals surface area contributed by atoms with E-state index in [1.165, 1.54) is 0 Å². The molecule has 1 fully saturated rings. The Hall–Kier alpha value is -1.96. The van der Waals surface area contributed by atoms with Gasteiger partial charge < -0.3 is 20.9 Å². The first kappa shape index (κ1) is 19.4. The zero-order valence-corrected chi connectivity index (χ0v) is 14.4.